The molecular weight excluding hydrogens is 324 g/mol. The van der Waals surface area contributed by atoms with E-state index in [0.717, 1.165) is 0 Å². The third kappa shape index (κ3) is 4.26. The second-order valence-electron chi connectivity index (χ2n) is 5.87. The van der Waals surface area contributed by atoms with Crippen LogP contribution in [0.3, 0.4) is 0 Å². The molecule has 0 saturated carbocycles. The lowest BCUT2D eigenvalue weighted by molar-refractivity contribution is -0.135. The van der Waals surface area contributed by atoms with E-state index >= 15 is 0 Å². The second kappa shape index (κ2) is 8.69. The molecule has 2 rings (SSSR count). The molecule has 0 aliphatic carbocycles. The molecule has 0 spiro atoms. The maximum Gasteiger partial charge on any atom is 0.255 e. The summed E-state index contributed by atoms with van der Waals surface area (Å²) in [7, 11) is 0. The molecule has 5 heteroatoms. The Hall–Kier alpha value is -2.07. The van der Waals surface area contributed by atoms with Gasteiger partial charge in [-0.1, -0.05) is 35.9 Å². The zero-order valence-corrected chi connectivity index (χ0v) is 14.5. The minimum atomic E-state index is -0.0689. The van der Waals surface area contributed by atoms with Gasteiger partial charge in [0, 0.05) is 32.1 Å². The number of halogens is 1. The van der Waals surface area contributed by atoms with Crippen molar-refractivity contribution in [2.45, 2.75) is 12.8 Å². The molecule has 0 atom stereocenters. The van der Waals surface area contributed by atoms with Crippen LogP contribution < -0.4 is 0 Å². The largest absolute Gasteiger partial charge is 0.339 e. The normalized spacial score (nSPS) is 15.0. The van der Waals surface area contributed by atoms with Crippen LogP contribution in [0.25, 0.3) is 0 Å². The predicted molar refractivity (Wildman–Crippen MR) is 97.1 cm³/mol. The molecule has 1 saturated heterocycles. The van der Waals surface area contributed by atoms with Gasteiger partial charge in [0.15, 0.2) is 0 Å². The Balaban J connectivity index is 1.96. The molecule has 0 aromatic heterocycles. The van der Waals surface area contributed by atoms with Crippen LogP contribution in [0.1, 0.15) is 23.2 Å². The van der Waals surface area contributed by atoms with E-state index in [4.69, 9.17) is 11.6 Å². The second-order valence-corrected chi connectivity index (χ2v) is 6.27. The van der Waals surface area contributed by atoms with Gasteiger partial charge in [-0.25, -0.2) is 0 Å². The lowest BCUT2D eigenvalue weighted by Gasteiger charge is -2.34. The molecule has 1 fully saturated rings. The van der Waals surface area contributed by atoms with Crippen LogP contribution in [0.4, 0.5) is 0 Å². The summed E-state index contributed by atoms with van der Waals surface area (Å²) in [5, 5.41) is 0.462. The first-order valence-electron chi connectivity index (χ1n) is 8.12. The van der Waals surface area contributed by atoms with E-state index in [2.05, 4.69) is 13.2 Å². The summed E-state index contributed by atoms with van der Waals surface area (Å²) < 4.78 is 0. The summed E-state index contributed by atoms with van der Waals surface area (Å²) in [6.45, 7) is 9.55. The topological polar surface area (TPSA) is 40.6 Å². The van der Waals surface area contributed by atoms with Crippen molar-refractivity contribution < 1.29 is 9.59 Å². The Kier molecular flexibility index (Phi) is 6.62. The fourth-order valence-electron chi connectivity index (χ4n) is 2.96. The lowest BCUT2D eigenvalue weighted by atomic mass is 9.94. The first-order valence-corrected chi connectivity index (χ1v) is 8.50. The van der Waals surface area contributed by atoms with Crippen molar-refractivity contribution in [2.75, 3.05) is 26.2 Å². The van der Waals surface area contributed by atoms with Gasteiger partial charge in [0.05, 0.1) is 10.6 Å². The van der Waals surface area contributed by atoms with Crippen LogP contribution in [0, 0.1) is 5.92 Å². The molecule has 1 heterocycles. The maximum atomic E-state index is 12.6. The number of carbonyl (C=O) groups is 2. The van der Waals surface area contributed by atoms with Crippen molar-refractivity contribution in [2.24, 2.45) is 5.92 Å². The van der Waals surface area contributed by atoms with Gasteiger partial charge in [-0.05, 0) is 25.0 Å². The molecule has 1 aromatic rings. The van der Waals surface area contributed by atoms with Crippen LogP contribution in [0.5, 0.6) is 0 Å². The Labute approximate surface area is 148 Å². The minimum Gasteiger partial charge on any atom is -0.339 e. The number of carbonyl (C=O) groups excluding carboxylic acids is 2. The summed E-state index contributed by atoms with van der Waals surface area (Å²) in [4.78, 5) is 28.7. The van der Waals surface area contributed by atoms with Gasteiger partial charge in [-0.2, -0.15) is 0 Å². The fourth-order valence-corrected chi connectivity index (χ4v) is 3.18. The van der Waals surface area contributed by atoms with Crippen LogP contribution in [-0.2, 0) is 4.79 Å². The van der Waals surface area contributed by atoms with Gasteiger partial charge in [-0.3, -0.25) is 9.59 Å². The summed E-state index contributed by atoms with van der Waals surface area (Å²) in [5.74, 6) is -0.0135. The van der Waals surface area contributed by atoms with E-state index < -0.39 is 0 Å². The van der Waals surface area contributed by atoms with Crippen molar-refractivity contribution in [3.05, 3.63) is 60.2 Å². The molecule has 4 nitrogen and oxygen atoms in total. The molecule has 1 aliphatic rings. The van der Waals surface area contributed by atoms with Crippen LogP contribution >= 0.6 is 11.6 Å². The number of hydrogen-bond acceptors (Lipinski definition) is 2. The molecule has 2 amide bonds. The molecule has 24 heavy (non-hydrogen) atoms. The van der Waals surface area contributed by atoms with E-state index in [9.17, 15) is 9.59 Å². The Bertz CT molecular complexity index is 612. The molecule has 0 unspecified atom stereocenters. The number of amides is 2. The van der Waals surface area contributed by atoms with E-state index in [1.54, 1.807) is 46.2 Å². The average Bonchev–Trinajstić information content (AvgIpc) is 2.61. The highest BCUT2D eigenvalue weighted by molar-refractivity contribution is 6.33. The van der Waals surface area contributed by atoms with Crippen molar-refractivity contribution in [1.82, 2.24) is 9.80 Å². The zero-order chi connectivity index (χ0) is 17.5. The number of piperidine rings is 1. The quantitative estimate of drug-likeness (QED) is 0.741. The molecule has 128 valence electrons. The molecule has 1 aliphatic heterocycles. The van der Waals surface area contributed by atoms with Gasteiger partial charge in [0.25, 0.3) is 5.91 Å². The Morgan fingerprint density at radius 1 is 1.17 bits per heavy atom. The van der Waals surface area contributed by atoms with Gasteiger partial charge in [0.2, 0.25) is 5.91 Å². The van der Waals surface area contributed by atoms with Gasteiger partial charge in [0.1, 0.15) is 0 Å². The first-order chi connectivity index (χ1) is 11.6. The number of hydrogen-bond donors (Lipinski definition) is 0. The van der Waals surface area contributed by atoms with Crippen molar-refractivity contribution in [1.29, 1.82) is 0 Å². The molecular formula is C19H23ClN2O2. The third-order valence-corrected chi connectivity index (χ3v) is 4.58. The first kappa shape index (κ1) is 18.3. The Morgan fingerprint density at radius 3 is 2.29 bits per heavy atom. The minimum absolute atomic E-state index is 0.0554. The molecule has 0 N–H and O–H groups in total. The number of nitrogens with zero attached hydrogens (tertiary/aromatic N) is 2. The zero-order valence-electron chi connectivity index (χ0n) is 13.8. The van der Waals surface area contributed by atoms with Gasteiger partial charge in [-0.15, -0.1) is 13.2 Å². The average molecular weight is 347 g/mol. The van der Waals surface area contributed by atoms with Crippen LogP contribution in [0.2, 0.25) is 5.02 Å². The lowest BCUT2D eigenvalue weighted by Crippen LogP contribution is -2.44. The molecule has 0 radical (unpaired) electrons. The number of benzene rings is 1. The van der Waals surface area contributed by atoms with E-state index in [-0.39, 0.29) is 17.7 Å². The van der Waals surface area contributed by atoms with Crippen LogP contribution in [0.15, 0.2) is 49.6 Å². The van der Waals surface area contributed by atoms with Crippen molar-refractivity contribution in [3.8, 4) is 0 Å². The number of rotatable bonds is 6. The fraction of sp³-hybridized carbons (Fsp3) is 0.368. The van der Waals surface area contributed by atoms with Gasteiger partial charge >= 0.3 is 0 Å². The highest BCUT2D eigenvalue weighted by Gasteiger charge is 2.30. The SMILES string of the molecule is C=CCN(CC=C)C(=O)C1CCN(C(=O)c2ccccc2Cl)CC1. The summed E-state index contributed by atoms with van der Waals surface area (Å²) in [6, 6.07) is 7.06. The number of likely N-dealkylation sites (tertiary alicyclic amines) is 1. The van der Waals surface area contributed by atoms with Gasteiger partial charge < -0.3 is 9.80 Å². The highest BCUT2D eigenvalue weighted by atomic mass is 35.5. The smallest absolute Gasteiger partial charge is 0.255 e. The van der Waals surface area contributed by atoms with E-state index in [1.165, 1.54) is 0 Å². The van der Waals surface area contributed by atoms with Crippen molar-refractivity contribution in [3.63, 3.8) is 0 Å². The summed E-state index contributed by atoms with van der Waals surface area (Å²) in [6.07, 6.45) is 4.77. The Morgan fingerprint density at radius 2 is 1.75 bits per heavy atom. The molecule has 0 bridgehead atoms. The van der Waals surface area contributed by atoms with E-state index in [1.807, 2.05) is 0 Å². The van der Waals surface area contributed by atoms with Crippen molar-refractivity contribution >= 4 is 23.4 Å². The molecule has 1 aromatic carbocycles. The monoisotopic (exact) mass is 346 g/mol. The standard InChI is InChI=1S/C19H23ClN2O2/c1-3-11-21(12-4-2)18(23)15-9-13-22(14-10-15)19(24)16-7-5-6-8-17(16)20/h3-8,15H,1-2,9-14H2. The van der Waals surface area contributed by atoms with E-state index in [0.29, 0.717) is 49.6 Å². The highest BCUT2D eigenvalue weighted by Crippen LogP contribution is 2.23. The maximum absolute atomic E-state index is 12.6. The summed E-state index contributed by atoms with van der Waals surface area (Å²) >= 11 is 6.10. The summed E-state index contributed by atoms with van der Waals surface area (Å²) in [5.41, 5.74) is 0.517. The van der Waals surface area contributed by atoms with Crippen LogP contribution in [-0.4, -0.2) is 47.8 Å². The third-order valence-electron chi connectivity index (χ3n) is 4.25. The predicted octanol–water partition coefficient (Wildman–Crippen LogP) is 3.39.